The first kappa shape index (κ1) is 15.4. The number of methoxy groups -OCH3 is 1. The summed E-state index contributed by atoms with van der Waals surface area (Å²) in [7, 11) is 2.89. The molecule has 0 N–H and O–H groups in total. The number of para-hydroxylation sites is 2. The van der Waals surface area contributed by atoms with Crippen LogP contribution in [0.4, 0.5) is 14.5 Å². The number of carbonyl (C=O) groups is 1. The van der Waals surface area contributed by atoms with Crippen molar-refractivity contribution >= 4 is 27.5 Å². The van der Waals surface area contributed by atoms with Gasteiger partial charge in [-0.15, -0.1) is 0 Å². The van der Waals surface area contributed by atoms with Gasteiger partial charge in [0.05, 0.1) is 12.8 Å². The van der Waals surface area contributed by atoms with E-state index < -0.39 is 23.1 Å². The molecule has 0 heterocycles. The Kier molecular flexibility index (Phi) is 4.57. The average molecular weight is 356 g/mol. The Morgan fingerprint density at radius 2 is 1.76 bits per heavy atom. The van der Waals surface area contributed by atoms with E-state index in [1.54, 1.807) is 24.3 Å². The van der Waals surface area contributed by atoms with Crippen molar-refractivity contribution in [3.63, 3.8) is 0 Å². The first-order chi connectivity index (χ1) is 9.95. The molecule has 21 heavy (non-hydrogen) atoms. The van der Waals surface area contributed by atoms with Crippen LogP contribution in [-0.4, -0.2) is 20.1 Å². The molecule has 0 aliphatic rings. The van der Waals surface area contributed by atoms with E-state index in [4.69, 9.17) is 4.74 Å². The highest BCUT2D eigenvalue weighted by Crippen LogP contribution is 2.29. The second-order valence-electron chi connectivity index (χ2n) is 4.28. The summed E-state index contributed by atoms with van der Waals surface area (Å²) in [5.74, 6) is -2.20. The molecule has 110 valence electrons. The van der Waals surface area contributed by atoms with Gasteiger partial charge in [-0.1, -0.05) is 28.1 Å². The molecule has 0 atom stereocenters. The lowest BCUT2D eigenvalue weighted by molar-refractivity contribution is 0.0984. The van der Waals surface area contributed by atoms with Crippen molar-refractivity contribution in [2.45, 2.75) is 0 Å². The van der Waals surface area contributed by atoms with Crippen LogP contribution >= 0.6 is 15.9 Å². The highest BCUT2D eigenvalue weighted by Gasteiger charge is 2.24. The Morgan fingerprint density at radius 1 is 1.19 bits per heavy atom. The third-order valence-corrected chi connectivity index (χ3v) is 3.43. The molecule has 1 amide bonds. The number of hydrogen-bond acceptors (Lipinski definition) is 2. The fourth-order valence-corrected chi connectivity index (χ4v) is 2.33. The van der Waals surface area contributed by atoms with Crippen molar-refractivity contribution in [1.82, 2.24) is 0 Å². The van der Waals surface area contributed by atoms with E-state index in [2.05, 4.69) is 15.9 Å². The molecule has 0 aliphatic carbocycles. The molecule has 0 unspecified atom stereocenters. The minimum absolute atomic E-state index is 0.231. The number of nitrogens with zero attached hydrogens (tertiary/aromatic N) is 1. The largest absolute Gasteiger partial charge is 0.495 e. The van der Waals surface area contributed by atoms with Crippen LogP contribution in [0.3, 0.4) is 0 Å². The van der Waals surface area contributed by atoms with E-state index in [-0.39, 0.29) is 4.47 Å². The third-order valence-electron chi connectivity index (χ3n) is 2.97. The predicted molar refractivity (Wildman–Crippen MR) is 79.8 cm³/mol. The zero-order valence-corrected chi connectivity index (χ0v) is 12.9. The van der Waals surface area contributed by atoms with Gasteiger partial charge >= 0.3 is 0 Å². The first-order valence-corrected chi connectivity index (χ1v) is 6.80. The minimum Gasteiger partial charge on any atom is -0.495 e. The lowest BCUT2D eigenvalue weighted by atomic mass is 10.1. The molecular weight excluding hydrogens is 344 g/mol. The van der Waals surface area contributed by atoms with Gasteiger partial charge in [0, 0.05) is 11.5 Å². The molecular formula is C15H12BrF2NO2. The van der Waals surface area contributed by atoms with Crippen molar-refractivity contribution in [3.05, 3.63) is 58.1 Å². The summed E-state index contributed by atoms with van der Waals surface area (Å²) < 4.78 is 33.1. The van der Waals surface area contributed by atoms with Crippen LogP contribution in [0.15, 0.2) is 40.9 Å². The van der Waals surface area contributed by atoms with Crippen LogP contribution in [0.2, 0.25) is 0 Å². The Labute approximate surface area is 129 Å². The van der Waals surface area contributed by atoms with Crippen LogP contribution in [-0.2, 0) is 0 Å². The van der Waals surface area contributed by atoms with Gasteiger partial charge in [-0.25, -0.2) is 8.78 Å². The van der Waals surface area contributed by atoms with Gasteiger partial charge in [0.1, 0.15) is 22.9 Å². The second-order valence-corrected chi connectivity index (χ2v) is 5.20. The van der Waals surface area contributed by atoms with Gasteiger partial charge in [0.15, 0.2) is 0 Å². The lowest BCUT2D eigenvalue weighted by Crippen LogP contribution is -2.28. The van der Waals surface area contributed by atoms with Gasteiger partial charge < -0.3 is 9.64 Å². The Hall–Kier alpha value is -1.95. The number of halogens is 3. The number of hydrogen-bond donors (Lipinski definition) is 0. The number of ether oxygens (including phenoxy) is 1. The molecule has 2 rings (SSSR count). The first-order valence-electron chi connectivity index (χ1n) is 6.01. The van der Waals surface area contributed by atoms with Crippen LogP contribution in [0, 0.1) is 11.6 Å². The molecule has 2 aromatic carbocycles. The highest BCUT2D eigenvalue weighted by molar-refractivity contribution is 9.10. The molecule has 0 saturated carbocycles. The zero-order valence-electron chi connectivity index (χ0n) is 11.4. The van der Waals surface area contributed by atoms with Gasteiger partial charge in [0.25, 0.3) is 5.91 Å². The van der Waals surface area contributed by atoms with Crippen LogP contribution in [0.25, 0.3) is 0 Å². The number of carbonyl (C=O) groups excluding carboxylic acids is 1. The van der Waals surface area contributed by atoms with Crippen molar-refractivity contribution in [2.75, 3.05) is 19.1 Å². The molecule has 2 aromatic rings. The summed E-state index contributed by atoms with van der Waals surface area (Å²) in [6.07, 6.45) is 0. The molecule has 0 fully saturated rings. The van der Waals surface area contributed by atoms with E-state index in [9.17, 15) is 13.6 Å². The van der Waals surface area contributed by atoms with E-state index in [0.29, 0.717) is 11.4 Å². The van der Waals surface area contributed by atoms with Crippen molar-refractivity contribution < 1.29 is 18.3 Å². The van der Waals surface area contributed by atoms with Crippen molar-refractivity contribution in [2.24, 2.45) is 0 Å². The van der Waals surface area contributed by atoms with Gasteiger partial charge in [0.2, 0.25) is 0 Å². The maximum Gasteiger partial charge on any atom is 0.264 e. The number of anilines is 1. The van der Waals surface area contributed by atoms with Gasteiger partial charge in [-0.05, 0) is 24.3 Å². The van der Waals surface area contributed by atoms with Crippen molar-refractivity contribution in [3.8, 4) is 5.75 Å². The van der Waals surface area contributed by atoms with Gasteiger partial charge in [-0.2, -0.15) is 0 Å². The summed E-state index contributed by atoms with van der Waals surface area (Å²) in [5, 5.41) is 0. The monoisotopic (exact) mass is 355 g/mol. The molecule has 0 aliphatic heterocycles. The van der Waals surface area contributed by atoms with Crippen molar-refractivity contribution in [1.29, 1.82) is 0 Å². The topological polar surface area (TPSA) is 29.5 Å². The maximum absolute atomic E-state index is 13.9. The second kappa shape index (κ2) is 6.22. The highest BCUT2D eigenvalue weighted by atomic mass is 79.9. The van der Waals surface area contributed by atoms with Crippen LogP contribution in [0.1, 0.15) is 10.4 Å². The van der Waals surface area contributed by atoms with E-state index >= 15 is 0 Å². The zero-order chi connectivity index (χ0) is 15.6. The normalized spacial score (nSPS) is 10.3. The average Bonchev–Trinajstić information content (AvgIpc) is 2.45. The minimum atomic E-state index is -0.923. The predicted octanol–water partition coefficient (Wildman–Crippen LogP) is 4.01. The summed E-state index contributed by atoms with van der Waals surface area (Å²) in [6, 6.07) is 8.83. The molecule has 0 radical (unpaired) electrons. The van der Waals surface area contributed by atoms with Gasteiger partial charge in [-0.3, -0.25) is 4.79 Å². The fourth-order valence-electron chi connectivity index (χ4n) is 1.93. The summed E-state index contributed by atoms with van der Waals surface area (Å²) in [5.41, 5.74) is -0.182. The Balaban J connectivity index is 2.45. The molecule has 0 bridgehead atoms. The molecule has 0 saturated heterocycles. The van der Waals surface area contributed by atoms with Crippen LogP contribution in [0.5, 0.6) is 5.75 Å². The fraction of sp³-hybridized carbons (Fsp3) is 0.133. The SMILES string of the molecule is COc1ccccc1N(C)C(=O)c1c(F)cc(Br)cc1F. The number of benzene rings is 2. The summed E-state index contributed by atoms with van der Waals surface area (Å²) in [6.45, 7) is 0. The smallest absolute Gasteiger partial charge is 0.264 e. The standard InChI is InChI=1S/C15H12BrF2NO2/c1-19(12-5-3-4-6-13(12)21-2)15(20)14-10(17)7-9(16)8-11(14)18/h3-8H,1-2H3. The third kappa shape index (κ3) is 3.05. The Bertz CT molecular complexity index is 668. The van der Waals surface area contributed by atoms with E-state index in [1.165, 1.54) is 14.2 Å². The quantitative estimate of drug-likeness (QED) is 0.832. The number of rotatable bonds is 3. The summed E-state index contributed by atoms with van der Waals surface area (Å²) >= 11 is 2.98. The lowest BCUT2D eigenvalue weighted by Gasteiger charge is -2.20. The summed E-state index contributed by atoms with van der Waals surface area (Å²) in [4.78, 5) is 13.5. The number of amides is 1. The maximum atomic E-state index is 13.9. The molecule has 0 spiro atoms. The van der Waals surface area contributed by atoms with E-state index in [0.717, 1.165) is 17.0 Å². The molecule has 3 nitrogen and oxygen atoms in total. The van der Waals surface area contributed by atoms with E-state index in [1.807, 2.05) is 0 Å². The Morgan fingerprint density at radius 3 is 2.33 bits per heavy atom. The molecule has 0 aromatic heterocycles. The van der Waals surface area contributed by atoms with Crippen LogP contribution < -0.4 is 9.64 Å². The molecule has 6 heteroatoms.